The van der Waals surface area contributed by atoms with Crippen molar-refractivity contribution in [3.05, 3.63) is 34.1 Å². The lowest BCUT2D eigenvalue weighted by Gasteiger charge is -2.20. The van der Waals surface area contributed by atoms with Crippen LogP contribution in [0.5, 0.6) is 0 Å². The van der Waals surface area contributed by atoms with Gasteiger partial charge in [-0.3, -0.25) is 10.1 Å². The van der Waals surface area contributed by atoms with Gasteiger partial charge in [0, 0.05) is 19.1 Å². The largest absolute Gasteiger partial charge is 0.379 e. The Balaban J connectivity index is 1.96. The Morgan fingerprint density at radius 2 is 2.30 bits per heavy atom. The van der Waals surface area contributed by atoms with Crippen molar-refractivity contribution >= 4 is 11.4 Å². The number of hydrogen-bond acceptors (Lipinski definition) is 4. The number of hydrogen-bond donors (Lipinski definition) is 1. The van der Waals surface area contributed by atoms with Gasteiger partial charge < -0.3 is 10.2 Å². The van der Waals surface area contributed by atoms with Crippen molar-refractivity contribution in [2.75, 3.05) is 25.0 Å². The van der Waals surface area contributed by atoms with Crippen LogP contribution < -0.4 is 5.32 Å². The fourth-order valence-electron chi connectivity index (χ4n) is 2.56. The van der Waals surface area contributed by atoms with Crippen molar-refractivity contribution in [1.82, 2.24) is 4.90 Å². The second kappa shape index (κ2) is 6.17. The topological polar surface area (TPSA) is 58.4 Å². The molecule has 0 unspecified atom stereocenters. The summed E-state index contributed by atoms with van der Waals surface area (Å²) in [5, 5.41) is 14.0. The van der Waals surface area contributed by atoms with Gasteiger partial charge in [0.15, 0.2) is 0 Å². The Morgan fingerprint density at radius 3 is 2.90 bits per heavy atom. The number of likely N-dealkylation sites (tertiary alicyclic amines) is 1. The third-order valence-corrected chi connectivity index (χ3v) is 3.79. The first-order valence-corrected chi connectivity index (χ1v) is 6.89. The Labute approximate surface area is 117 Å². The summed E-state index contributed by atoms with van der Waals surface area (Å²) in [7, 11) is 0. The molecular weight excluding hydrogens is 261 g/mol. The number of nitro benzene ring substituents is 1. The first kappa shape index (κ1) is 14.7. The molecule has 1 aromatic rings. The highest BCUT2D eigenvalue weighted by Gasteiger charge is 2.24. The fraction of sp³-hybridized carbons (Fsp3) is 0.571. The average molecular weight is 281 g/mol. The number of nitro groups is 1. The highest BCUT2D eigenvalue weighted by molar-refractivity contribution is 5.61. The maximum Gasteiger partial charge on any atom is 0.295 e. The van der Waals surface area contributed by atoms with Crippen LogP contribution in [0.2, 0.25) is 0 Å². The van der Waals surface area contributed by atoms with E-state index in [1.54, 1.807) is 0 Å². The van der Waals surface area contributed by atoms with Crippen molar-refractivity contribution in [2.45, 2.75) is 26.3 Å². The molecule has 110 valence electrons. The Bertz CT molecular complexity index is 493. The van der Waals surface area contributed by atoms with Crippen molar-refractivity contribution in [2.24, 2.45) is 5.92 Å². The predicted octanol–water partition coefficient (Wildman–Crippen LogP) is 2.88. The summed E-state index contributed by atoms with van der Waals surface area (Å²) in [6.45, 7) is 7.08. The molecule has 1 heterocycles. The number of benzene rings is 1. The van der Waals surface area contributed by atoms with Gasteiger partial charge in [0.05, 0.1) is 11.0 Å². The van der Waals surface area contributed by atoms with Gasteiger partial charge in [0.1, 0.15) is 11.5 Å². The third-order valence-electron chi connectivity index (χ3n) is 3.79. The predicted molar refractivity (Wildman–Crippen MR) is 76.4 cm³/mol. The van der Waals surface area contributed by atoms with Crippen LogP contribution in [0.15, 0.2) is 18.2 Å². The molecule has 1 aliphatic heterocycles. The molecule has 20 heavy (non-hydrogen) atoms. The van der Waals surface area contributed by atoms with Crippen molar-refractivity contribution in [3.63, 3.8) is 0 Å². The van der Waals surface area contributed by atoms with Gasteiger partial charge in [-0.2, -0.15) is 0 Å². The van der Waals surface area contributed by atoms with E-state index in [1.165, 1.54) is 12.1 Å². The first-order valence-electron chi connectivity index (χ1n) is 6.89. The lowest BCUT2D eigenvalue weighted by atomic mass is 10.1. The van der Waals surface area contributed by atoms with Gasteiger partial charge in [-0.1, -0.05) is 0 Å². The summed E-state index contributed by atoms with van der Waals surface area (Å²) in [6.07, 6.45) is 1.08. The number of anilines is 1. The summed E-state index contributed by atoms with van der Waals surface area (Å²) in [6, 6.07) is 4.16. The molecule has 1 aliphatic rings. The van der Waals surface area contributed by atoms with E-state index in [-0.39, 0.29) is 5.69 Å². The second-order valence-corrected chi connectivity index (χ2v) is 5.54. The maximum atomic E-state index is 13.0. The molecule has 0 aliphatic carbocycles. The molecule has 0 radical (unpaired) electrons. The van der Waals surface area contributed by atoms with Gasteiger partial charge in [-0.15, -0.1) is 0 Å². The summed E-state index contributed by atoms with van der Waals surface area (Å²) in [5.74, 6) is -0.115. The van der Waals surface area contributed by atoms with Crippen LogP contribution in [0.3, 0.4) is 0 Å². The lowest BCUT2D eigenvalue weighted by Crippen LogP contribution is -2.29. The van der Waals surface area contributed by atoms with Crippen LogP contribution >= 0.6 is 0 Å². The lowest BCUT2D eigenvalue weighted by molar-refractivity contribution is -0.384. The molecule has 1 atom stereocenters. The molecule has 1 aromatic carbocycles. The summed E-state index contributed by atoms with van der Waals surface area (Å²) in [4.78, 5) is 12.7. The Kier molecular flexibility index (Phi) is 4.54. The SMILES string of the molecule is CC(C)N1CC[C@H](CNc2ccc(F)cc2[N+](=O)[O-])C1. The van der Waals surface area contributed by atoms with Gasteiger partial charge >= 0.3 is 0 Å². The van der Waals surface area contributed by atoms with E-state index in [0.717, 1.165) is 25.6 Å². The zero-order valence-electron chi connectivity index (χ0n) is 11.8. The number of halogens is 1. The molecule has 0 amide bonds. The molecule has 1 saturated heterocycles. The summed E-state index contributed by atoms with van der Waals surface area (Å²) >= 11 is 0. The quantitative estimate of drug-likeness (QED) is 0.666. The van der Waals surface area contributed by atoms with E-state index < -0.39 is 10.7 Å². The zero-order chi connectivity index (χ0) is 14.7. The van der Waals surface area contributed by atoms with E-state index >= 15 is 0 Å². The molecule has 0 spiro atoms. The molecule has 0 saturated carbocycles. The Morgan fingerprint density at radius 1 is 1.55 bits per heavy atom. The van der Waals surface area contributed by atoms with Crippen LogP contribution in [0.25, 0.3) is 0 Å². The molecule has 5 nitrogen and oxygen atoms in total. The molecule has 0 bridgehead atoms. The standard InChI is InChI=1S/C14H20FN3O2/c1-10(2)17-6-5-11(9-17)8-16-13-4-3-12(15)7-14(13)18(19)20/h3-4,7,10-11,16H,5-6,8-9H2,1-2H3/t11-/m1/s1. The first-order chi connectivity index (χ1) is 9.47. The molecule has 2 rings (SSSR count). The zero-order valence-corrected chi connectivity index (χ0v) is 11.8. The third kappa shape index (κ3) is 3.45. The molecule has 0 aromatic heterocycles. The fourth-order valence-corrected chi connectivity index (χ4v) is 2.56. The van der Waals surface area contributed by atoms with Gasteiger partial charge in [0.25, 0.3) is 5.69 Å². The van der Waals surface area contributed by atoms with E-state index in [1.807, 2.05) is 0 Å². The van der Waals surface area contributed by atoms with Gasteiger partial charge in [0.2, 0.25) is 0 Å². The van der Waals surface area contributed by atoms with Crippen LogP contribution in [0.4, 0.5) is 15.8 Å². The normalized spacial score (nSPS) is 19.5. The van der Waals surface area contributed by atoms with Gasteiger partial charge in [-0.05, 0) is 44.9 Å². The molecule has 1 N–H and O–H groups in total. The minimum absolute atomic E-state index is 0.205. The minimum atomic E-state index is -0.589. The molecule has 6 heteroatoms. The van der Waals surface area contributed by atoms with Crippen LogP contribution in [0.1, 0.15) is 20.3 Å². The summed E-state index contributed by atoms with van der Waals surface area (Å²) < 4.78 is 13.0. The van der Waals surface area contributed by atoms with Crippen LogP contribution in [-0.2, 0) is 0 Å². The smallest absolute Gasteiger partial charge is 0.295 e. The molecule has 1 fully saturated rings. The van der Waals surface area contributed by atoms with Crippen molar-refractivity contribution in [3.8, 4) is 0 Å². The van der Waals surface area contributed by atoms with Crippen molar-refractivity contribution < 1.29 is 9.31 Å². The monoisotopic (exact) mass is 281 g/mol. The van der Waals surface area contributed by atoms with E-state index in [2.05, 4.69) is 24.1 Å². The number of nitrogens with zero attached hydrogens (tertiary/aromatic N) is 2. The number of rotatable bonds is 5. The van der Waals surface area contributed by atoms with Gasteiger partial charge in [-0.25, -0.2) is 4.39 Å². The van der Waals surface area contributed by atoms with E-state index in [4.69, 9.17) is 0 Å². The minimum Gasteiger partial charge on any atom is -0.379 e. The van der Waals surface area contributed by atoms with Crippen LogP contribution in [0, 0.1) is 21.8 Å². The average Bonchev–Trinajstić information content (AvgIpc) is 2.86. The van der Waals surface area contributed by atoms with E-state index in [0.29, 0.717) is 24.2 Å². The highest BCUT2D eigenvalue weighted by Crippen LogP contribution is 2.26. The van der Waals surface area contributed by atoms with Crippen molar-refractivity contribution in [1.29, 1.82) is 0 Å². The number of nitrogens with one attached hydrogen (secondary N) is 1. The molecular formula is C14H20FN3O2. The Hall–Kier alpha value is -1.69. The highest BCUT2D eigenvalue weighted by atomic mass is 19.1. The second-order valence-electron chi connectivity index (χ2n) is 5.54. The maximum absolute atomic E-state index is 13.0. The van der Waals surface area contributed by atoms with E-state index in [9.17, 15) is 14.5 Å². The summed E-state index contributed by atoms with van der Waals surface area (Å²) in [5.41, 5.74) is 0.183. The van der Waals surface area contributed by atoms with Crippen LogP contribution in [-0.4, -0.2) is 35.5 Å².